The molecule has 3 rings (SSSR count). The largest absolute Gasteiger partial charge is 0.490 e. The zero-order valence-electron chi connectivity index (χ0n) is 17.0. The van der Waals surface area contributed by atoms with E-state index in [1.165, 1.54) is 6.07 Å². The fourth-order valence-electron chi connectivity index (χ4n) is 3.45. The van der Waals surface area contributed by atoms with Crippen LogP contribution in [0.2, 0.25) is 0 Å². The molecule has 0 spiro atoms. The van der Waals surface area contributed by atoms with Gasteiger partial charge < -0.3 is 9.47 Å². The zero-order valence-corrected chi connectivity index (χ0v) is 17.0. The van der Waals surface area contributed by atoms with Crippen LogP contribution in [0.3, 0.4) is 0 Å². The van der Waals surface area contributed by atoms with Gasteiger partial charge in [0.2, 0.25) is 0 Å². The fourth-order valence-corrected chi connectivity index (χ4v) is 3.45. The van der Waals surface area contributed by atoms with E-state index in [4.69, 9.17) is 4.74 Å². The van der Waals surface area contributed by atoms with Gasteiger partial charge in [0.15, 0.2) is 0 Å². The minimum absolute atomic E-state index is 0.0866. The van der Waals surface area contributed by atoms with Crippen molar-refractivity contribution < 1.29 is 22.6 Å². The van der Waals surface area contributed by atoms with Gasteiger partial charge in [-0.1, -0.05) is 56.7 Å². The third kappa shape index (κ3) is 5.15. The Morgan fingerprint density at radius 1 is 1.00 bits per heavy atom. The van der Waals surface area contributed by atoms with Crippen LogP contribution >= 0.6 is 0 Å². The van der Waals surface area contributed by atoms with E-state index in [-0.39, 0.29) is 11.3 Å². The molecule has 3 aromatic carbocycles. The number of ether oxygens (including phenoxy) is 2. The Labute approximate surface area is 174 Å². The number of halogens is 3. The van der Waals surface area contributed by atoms with E-state index < -0.39 is 12.4 Å². The first-order chi connectivity index (χ1) is 14.5. The molecule has 3 aromatic rings. The molecule has 0 fully saturated rings. The second kappa shape index (κ2) is 10.2. The number of unbranched alkanes of at least 4 members (excludes halogenated alkanes) is 2. The molecule has 5 heteroatoms. The highest BCUT2D eigenvalue weighted by molar-refractivity contribution is 5.90. The summed E-state index contributed by atoms with van der Waals surface area (Å²) in [6.45, 7) is 3.07. The highest BCUT2D eigenvalue weighted by Crippen LogP contribution is 2.35. The first-order valence-corrected chi connectivity index (χ1v) is 10.1. The number of hydrogen-bond donors (Lipinski definition) is 0. The maximum atomic E-state index is 15.2. The van der Waals surface area contributed by atoms with Crippen LogP contribution in [-0.2, 0) is 6.42 Å². The standard InChI is InChI=1S/C25H25F3O2/c1-3-5-6-7-22-23(30-25(27)28)16-19-15-18(10-13-21(19)24(22)26)17-8-11-20(12-9-17)29-14-4-2/h4,8-13,15-16,25H,2-3,5-7,14H2,1H3. The smallest absolute Gasteiger partial charge is 0.387 e. The fraction of sp³-hybridized carbons (Fsp3) is 0.280. The average molecular weight is 414 g/mol. The molecule has 0 amide bonds. The maximum absolute atomic E-state index is 15.2. The summed E-state index contributed by atoms with van der Waals surface area (Å²) in [5, 5.41) is 0.921. The quantitative estimate of drug-likeness (QED) is 0.252. The molecule has 0 N–H and O–H groups in total. The monoisotopic (exact) mass is 414 g/mol. The summed E-state index contributed by atoms with van der Waals surface area (Å²) < 4.78 is 51.2. The third-order valence-corrected chi connectivity index (χ3v) is 4.94. The zero-order chi connectivity index (χ0) is 21.5. The SMILES string of the molecule is C=CCOc1ccc(-c2ccc3c(F)c(CCCCC)c(OC(F)F)cc3c2)cc1. The molecule has 0 aliphatic carbocycles. The second-order valence-corrected chi connectivity index (χ2v) is 7.06. The topological polar surface area (TPSA) is 18.5 Å². The van der Waals surface area contributed by atoms with Gasteiger partial charge in [0.05, 0.1) is 0 Å². The Hall–Kier alpha value is -2.95. The summed E-state index contributed by atoms with van der Waals surface area (Å²) >= 11 is 0. The summed E-state index contributed by atoms with van der Waals surface area (Å²) in [4.78, 5) is 0. The number of alkyl halides is 2. The first kappa shape index (κ1) is 21.8. The number of benzene rings is 3. The minimum Gasteiger partial charge on any atom is -0.490 e. The van der Waals surface area contributed by atoms with Crippen LogP contribution in [0.1, 0.15) is 31.7 Å². The molecule has 0 aliphatic heterocycles. The molecule has 0 heterocycles. The molecule has 158 valence electrons. The van der Waals surface area contributed by atoms with Crippen LogP contribution < -0.4 is 9.47 Å². The molecule has 0 bridgehead atoms. The Morgan fingerprint density at radius 2 is 1.73 bits per heavy atom. The predicted octanol–water partition coefficient (Wildman–Crippen LogP) is 7.54. The van der Waals surface area contributed by atoms with Crippen molar-refractivity contribution in [3.63, 3.8) is 0 Å². The molecule has 0 unspecified atom stereocenters. The molecule has 0 aliphatic rings. The van der Waals surface area contributed by atoms with Gasteiger partial charge in [0.1, 0.15) is 23.9 Å². The summed E-state index contributed by atoms with van der Waals surface area (Å²) in [6, 6.07) is 14.3. The molecule has 0 radical (unpaired) electrons. The van der Waals surface area contributed by atoms with Gasteiger partial charge in [-0.25, -0.2) is 4.39 Å². The number of hydrogen-bond acceptors (Lipinski definition) is 2. The third-order valence-electron chi connectivity index (χ3n) is 4.94. The summed E-state index contributed by atoms with van der Waals surface area (Å²) in [7, 11) is 0. The molecule has 0 saturated carbocycles. The van der Waals surface area contributed by atoms with Crippen molar-refractivity contribution >= 4 is 10.8 Å². The van der Waals surface area contributed by atoms with Crippen molar-refractivity contribution in [3.8, 4) is 22.6 Å². The molecule has 30 heavy (non-hydrogen) atoms. The van der Waals surface area contributed by atoms with Crippen molar-refractivity contribution in [2.24, 2.45) is 0 Å². The highest BCUT2D eigenvalue weighted by Gasteiger charge is 2.18. The van der Waals surface area contributed by atoms with Gasteiger partial charge in [-0.2, -0.15) is 8.78 Å². The first-order valence-electron chi connectivity index (χ1n) is 10.1. The van der Waals surface area contributed by atoms with Crippen molar-refractivity contribution in [3.05, 3.63) is 72.6 Å². The summed E-state index contributed by atoms with van der Waals surface area (Å²) in [5.74, 6) is 0.144. The van der Waals surface area contributed by atoms with Gasteiger partial charge in [0, 0.05) is 10.9 Å². The van der Waals surface area contributed by atoms with Crippen LogP contribution in [0.5, 0.6) is 11.5 Å². The van der Waals surface area contributed by atoms with Gasteiger partial charge in [-0.05, 0) is 53.6 Å². The van der Waals surface area contributed by atoms with E-state index in [1.54, 1.807) is 18.2 Å². The van der Waals surface area contributed by atoms with E-state index in [0.717, 1.165) is 36.1 Å². The minimum atomic E-state index is -3.00. The van der Waals surface area contributed by atoms with Crippen molar-refractivity contribution in [1.82, 2.24) is 0 Å². The molecule has 0 saturated heterocycles. The van der Waals surface area contributed by atoms with Crippen LogP contribution in [0.25, 0.3) is 21.9 Å². The predicted molar refractivity (Wildman–Crippen MR) is 115 cm³/mol. The molecular formula is C25H25F3O2. The summed E-state index contributed by atoms with van der Waals surface area (Å²) in [5.41, 5.74) is 1.97. The number of fused-ring (bicyclic) bond motifs is 1. The Kier molecular flexibility index (Phi) is 7.39. The van der Waals surface area contributed by atoms with E-state index >= 15 is 4.39 Å². The Balaban J connectivity index is 1.98. The lowest BCUT2D eigenvalue weighted by Crippen LogP contribution is -2.06. The number of rotatable bonds is 10. The van der Waals surface area contributed by atoms with Crippen molar-refractivity contribution in [2.75, 3.05) is 6.61 Å². The molecule has 0 atom stereocenters. The molecular weight excluding hydrogens is 389 g/mol. The average Bonchev–Trinajstić information content (AvgIpc) is 2.74. The van der Waals surface area contributed by atoms with Crippen molar-refractivity contribution in [2.45, 2.75) is 39.2 Å². The Bertz CT molecular complexity index is 997. The maximum Gasteiger partial charge on any atom is 0.387 e. The van der Waals surface area contributed by atoms with Gasteiger partial charge in [-0.15, -0.1) is 0 Å². The van der Waals surface area contributed by atoms with Crippen LogP contribution in [0, 0.1) is 5.82 Å². The van der Waals surface area contributed by atoms with Crippen molar-refractivity contribution in [1.29, 1.82) is 0 Å². The van der Waals surface area contributed by atoms with Crippen LogP contribution in [0.4, 0.5) is 13.2 Å². The lowest BCUT2D eigenvalue weighted by molar-refractivity contribution is -0.0505. The van der Waals surface area contributed by atoms with E-state index in [9.17, 15) is 8.78 Å². The normalized spacial score (nSPS) is 11.1. The highest BCUT2D eigenvalue weighted by atomic mass is 19.3. The van der Waals surface area contributed by atoms with Gasteiger partial charge in [0.25, 0.3) is 0 Å². The van der Waals surface area contributed by atoms with Gasteiger partial charge >= 0.3 is 6.61 Å². The van der Waals surface area contributed by atoms with Gasteiger partial charge in [-0.3, -0.25) is 0 Å². The molecule has 0 aromatic heterocycles. The summed E-state index contributed by atoms with van der Waals surface area (Å²) in [6.07, 6.45) is 4.61. The van der Waals surface area contributed by atoms with Crippen LogP contribution in [-0.4, -0.2) is 13.2 Å². The van der Waals surface area contributed by atoms with Crippen LogP contribution in [0.15, 0.2) is 61.2 Å². The lowest BCUT2D eigenvalue weighted by Gasteiger charge is -2.15. The van der Waals surface area contributed by atoms with E-state index in [0.29, 0.717) is 23.8 Å². The second-order valence-electron chi connectivity index (χ2n) is 7.06. The van der Waals surface area contributed by atoms with E-state index in [2.05, 4.69) is 11.3 Å². The molecule has 2 nitrogen and oxygen atoms in total. The lowest BCUT2D eigenvalue weighted by atomic mass is 9.97. The Morgan fingerprint density at radius 3 is 2.40 bits per heavy atom. The van der Waals surface area contributed by atoms with E-state index in [1.807, 2.05) is 37.3 Å².